The molecule has 0 aromatic heterocycles. The van der Waals surface area contributed by atoms with Gasteiger partial charge >= 0.3 is 17.9 Å². The molecular weight excluding hydrogens is 478 g/mol. The minimum absolute atomic E-state index is 0.0500. The van der Waals surface area contributed by atoms with Gasteiger partial charge in [-0.15, -0.1) is 0 Å². The van der Waals surface area contributed by atoms with Crippen LogP contribution in [0.25, 0.3) is 0 Å². The van der Waals surface area contributed by atoms with Crippen LogP contribution < -0.4 is 4.90 Å². The fourth-order valence-electron chi connectivity index (χ4n) is 3.29. The summed E-state index contributed by atoms with van der Waals surface area (Å²) in [7, 11) is 0. The number of carbonyl (C=O) groups is 3. The van der Waals surface area contributed by atoms with Crippen molar-refractivity contribution in [1.82, 2.24) is 0 Å². The molecule has 0 spiro atoms. The summed E-state index contributed by atoms with van der Waals surface area (Å²) in [6.45, 7) is 5.16. The number of anilines is 1. The lowest BCUT2D eigenvalue weighted by molar-refractivity contribution is -0.171. The van der Waals surface area contributed by atoms with Crippen LogP contribution in [0.5, 0.6) is 0 Å². The molecule has 0 amide bonds. The van der Waals surface area contributed by atoms with Crippen molar-refractivity contribution in [3.05, 3.63) is 35.5 Å². The number of ether oxygens (including phenoxy) is 4. The largest absolute Gasteiger partial charge is 0.464 e. The number of nitrogens with zero attached hydrogens (tertiary/aromatic N) is 1. The molecule has 2 aliphatic heterocycles. The predicted molar refractivity (Wildman–Crippen MR) is 113 cm³/mol. The second-order valence-corrected chi connectivity index (χ2v) is 7.87. The third kappa shape index (κ3) is 3.72. The maximum atomic E-state index is 13.1. The van der Waals surface area contributed by atoms with E-state index < -0.39 is 29.1 Å². The van der Waals surface area contributed by atoms with Crippen LogP contribution in [0.2, 0.25) is 0 Å². The Morgan fingerprint density at radius 1 is 1.07 bits per heavy atom. The van der Waals surface area contributed by atoms with E-state index in [0.717, 1.165) is 4.90 Å². The van der Waals surface area contributed by atoms with Crippen molar-refractivity contribution in [1.29, 1.82) is 0 Å². The number of carbonyl (C=O) groups excluding carboxylic acids is 3. The highest BCUT2D eigenvalue weighted by atomic mass is 79.9. The Kier molecular flexibility index (Phi) is 7.10. The fraction of sp³-hybridized carbons (Fsp3) is 0.450. The van der Waals surface area contributed by atoms with Gasteiger partial charge in [-0.1, -0.05) is 39.8 Å². The van der Waals surface area contributed by atoms with Gasteiger partial charge < -0.3 is 18.9 Å². The summed E-state index contributed by atoms with van der Waals surface area (Å²) in [4.78, 5) is 41.6. The zero-order valence-corrected chi connectivity index (χ0v) is 19.2. The lowest BCUT2D eigenvalue weighted by Gasteiger charge is -2.42. The summed E-state index contributed by atoms with van der Waals surface area (Å²) >= 11 is 4.62. The molecule has 2 heterocycles. The number of fused-ring (bicyclic) bond motifs is 3. The SMILES string of the molecule is CCOC(=O)C1=C(C(=O)OCC)C(CBr)(C(=O)OCC)OC2Sc3ccccc3N12. The van der Waals surface area contributed by atoms with Crippen molar-refractivity contribution in [3.63, 3.8) is 0 Å². The minimum atomic E-state index is -1.87. The lowest BCUT2D eigenvalue weighted by Crippen LogP contribution is -2.59. The highest BCUT2D eigenvalue weighted by Crippen LogP contribution is 2.52. The molecule has 1 aromatic rings. The molecule has 3 rings (SSSR count). The summed E-state index contributed by atoms with van der Waals surface area (Å²) in [6.07, 6.45) is 0. The predicted octanol–water partition coefficient (Wildman–Crippen LogP) is 2.99. The molecule has 30 heavy (non-hydrogen) atoms. The molecule has 10 heteroatoms. The van der Waals surface area contributed by atoms with Gasteiger partial charge in [0, 0.05) is 10.2 Å². The van der Waals surface area contributed by atoms with Crippen LogP contribution in [0.15, 0.2) is 40.4 Å². The Labute approximate surface area is 187 Å². The molecule has 2 unspecified atom stereocenters. The van der Waals surface area contributed by atoms with Crippen LogP contribution in [0, 0.1) is 0 Å². The second-order valence-electron chi connectivity index (χ2n) is 6.23. The quantitative estimate of drug-likeness (QED) is 0.318. The first-order chi connectivity index (χ1) is 14.4. The van der Waals surface area contributed by atoms with Crippen molar-refractivity contribution in [2.45, 2.75) is 36.8 Å². The van der Waals surface area contributed by atoms with Crippen molar-refractivity contribution < 1.29 is 33.3 Å². The van der Waals surface area contributed by atoms with Crippen molar-refractivity contribution in [2.75, 3.05) is 30.1 Å². The maximum Gasteiger partial charge on any atom is 0.355 e. The van der Waals surface area contributed by atoms with Gasteiger partial charge in [0.05, 0.1) is 25.5 Å². The Hall–Kier alpha value is -2.04. The fourth-order valence-corrected chi connectivity index (χ4v) is 5.13. The third-order valence-electron chi connectivity index (χ3n) is 4.49. The van der Waals surface area contributed by atoms with Gasteiger partial charge in [0.1, 0.15) is 11.3 Å². The van der Waals surface area contributed by atoms with E-state index >= 15 is 0 Å². The Morgan fingerprint density at radius 3 is 2.33 bits per heavy atom. The normalized spacial score (nSPS) is 22.3. The van der Waals surface area contributed by atoms with Gasteiger partial charge in [-0.05, 0) is 32.9 Å². The monoisotopic (exact) mass is 499 g/mol. The Bertz CT molecular complexity index is 890. The van der Waals surface area contributed by atoms with E-state index in [-0.39, 0.29) is 36.4 Å². The summed E-state index contributed by atoms with van der Waals surface area (Å²) in [5, 5.41) is -0.114. The van der Waals surface area contributed by atoms with E-state index in [1.807, 2.05) is 18.2 Å². The molecule has 0 radical (unpaired) electrons. The molecule has 1 aromatic carbocycles. The van der Waals surface area contributed by atoms with E-state index in [9.17, 15) is 14.4 Å². The van der Waals surface area contributed by atoms with Crippen LogP contribution in [0.3, 0.4) is 0 Å². The lowest BCUT2D eigenvalue weighted by atomic mass is 9.91. The summed E-state index contributed by atoms with van der Waals surface area (Å²) in [5.74, 6) is -2.38. The summed E-state index contributed by atoms with van der Waals surface area (Å²) in [6, 6.07) is 7.34. The number of para-hydroxylation sites is 1. The van der Waals surface area contributed by atoms with Crippen LogP contribution in [0.1, 0.15) is 20.8 Å². The first-order valence-electron chi connectivity index (χ1n) is 9.50. The average Bonchev–Trinajstić information content (AvgIpc) is 3.10. The van der Waals surface area contributed by atoms with Gasteiger partial charge in [-0.2, -0.15) is 0 Å². The number of hydrogen-bond donors (Lipinski definition) is 0. The van der Waals surface area contributed by atoms with E-state index in [1.165, 1.54) is 11.8 Å². The molecule has 0 saturated heterocycles. The molecule has 0 aliphatic carbocycles. The van der Waals surface area contributed by atoms with Gasteiger partial charge in [0.15, 0.2) is 5.56 Å². The summed E-state index contributed by atoms with van der Waals surface area (Å²) in [5.41, 5.74) is -2.31. The molecular formula is C20H22BrNO7S. The second kappa shape index (κ2) is 9.40. The van der Waals surface area contributed by atoms with Crippen LogP contribution in [-0.4, -0.2) is 54.2 Å². The van der Waals surface area contributed by atoms with Crippen molar-refractivity contribution in [3.8, 4) is 0 Å². The zero-order chi connectivity index (χ0) is 21.9. The first kappa shape index (κ1) is 22.6. The Morgan fingerprint density at radius 2 is 1.70 bits per heavy atom. The van der Waals surface area contributed by atoms with E-state index in [0.29, 0.717) is 5.69 Å². The van der Waals surface area contributed by atoms with Crippen molar-refractivity contribution >= 4 is 51.3 Å². The summed E-state index contributed by atoms with van der Waals surface area (Å²) < 4.78 is 21.9. The van der Waals surface area contributed by atoms with Crippen LogP contribution in [-0.2, 0) is 33.3 Å². The zero-order valence-electron chi connectivity index (χ0n) is 16.8. The smallest absolute Gasteiger partial charge is 0.355 e. The van der Waals surface area contributed by atoms with Gasteiger partial charge in [-0.3, -0.25) is 4.90 Å². The number of rotatable bonds is 7. The van der Waals surface area contributed by atoms with E-state index in [4.69, 9.17) is 18.9 Å². The standard InChI is InChI=1S/C20H22BrNO7S/c1-4-26-16(23)14-15(17(24)27-5-2)22-12-9-7-8-10-13(12)30-19(22)29-20(14,11-21)18(25)28-6-3/h7-10,19H,4-6,11H2,1-3H3. The number of benzene rings is 1. The van der Waals surface area contributed by atoms with Crippen LogP contribution >= 0.6 is 27.7 Å². The van der Waals surface area contributed by atoms with E-state index in [1.54, 1.807) is 31.7 Å². The number of halogens is 1. The molecule has 0 fully saturated rings. The number of thioether (sulfide) groups is 1. The van der Waals surface area contributed by atoms with Gasteiger partial charge in [0.2, 0.25) is 5.60 Å². The first-order valence-corrected chi connectivity index (χ1v) is 11.5. The molecule has 162 valence electrons. The number of hydrogen-bond acceptors (Lipinski definition) is 9. The van der Waals surface area contributed by atoms with Crippen LogP contribution in [0.4, 0.5) is 5.69 Å². The minimum Gasteiger partial charge on any atom is -0.464 e. The van der Waals surface area contributed by atoms with Crippen molar-refractivity contribution in [2.24, 2.45) is 0 Å². The molecule has 0 N–H and O–H groups in total. The third-order valence-corrected chi connectivity index (χ3v) is 6.39. The molecule has 2 atom stereocenters. The van der Waals surface area contributed by atoms with E-state index in [2.05, 4.69) is 15.9 Å². The molecule has 0 saturated carbocycles. The molecule has 0 bridgehead atoms. The van der Waals surface area contributed by atoms with Gasteiger partial charge in [-0.25, -0.2) is 14.4 Å². The molecule has 2 aliphatic rings. The molecule has 8 nitrogen and oxygen atoms in total. The maximum absolute atomic E-state index is 13.1. The Balaban J connectivity index is 2.31. The number of alkyl halides is 1. The highest BCUT2D eigenvalue weighted by Gasteiger charge is 2.59. The topological polar surface area (TPSA) is 91.4 Å². The average molecular weight is 500 g/mol. The highest BCUT2D eigenvalue weighted by molar-refractivity contribution is 9.09. The number of esters is 3. The van der Waals surface area contributed by atoms with Gasteiger partial charge in [0.25, 0.3) is 0 Å².